The zero-order valence-electron chi connectivity index (χ0n) is 14.2. The van der Waals surface area contributed by atoms with Gasteiger partial charge in [0.05, 0.1) is 5.69 Å². The Morgan fingerprint density at radius 2 is 2.05 bits per heavy atom. The fraction of sp³-hybridized carbons (Fsp3) is 0.812. The number of rotatable bonds is 6. The van der Waals surface area contributed by atoms with Crippen LogP contribution < -0.4 is 10.2 Å². The molecule has 1 aliphatic rings. The Morgan fingerprint density at radius 1 is 1.29 bits per heavy atom. The van der Waals surface area contributed by atoms with Crippen molar-refractivity contribution in [3.8, 4) is 0 Å². The molecule has 5 heteroatoms. The van der Waals surface area contributed by atoms with Gasteiger partial charge in [-0.2, -0.15) is 0 Å². The van der Waals surface area contributed by atoms with Crippen LogP contribution >= 0.6 is 11.3 Å². The number of aromatic nitrogens is 1. The Kier molecular flexibility index (Phi) is 5.63. The van der Waals surface area contributed by atoms with Crippen LogP contribution in [0.1, 0.15) is 44.7 Å². The minimum absolute atomic E-state index is 0.219. The Labute approximate surface area is 133 Å². The van der Waals surface area contributed by atoms with E-state index in [0.717, 1.165) is 45.6 Å². The fourth-order valence-electron chi connectivity index (χ4n) is 2.72. The summed E-state index contributed by atoms with van der Waals surface area (Å²) in [5.41, 5.74) is 1.52. The van der Waals surface area contributed by atoms with Gasteiger partial charge in [0, 0.05) is 36.6 Å². The molecule has 4 nitrogen and oxygen atoms in total. The third-order valence-corrected chi connectivity index (χ3v) is 5.53. The number of aryl methyl sites for hydroxylation is 1. The fourth-order valence-corrected chi connectivity index (χ4v) is 3.82. The highest BCUT2D eigenvalue weighted by Gasteiger charge is 2.32. The SMILES string of the molecule is CCCc1nc(N2CCN(C)C(C)(C)C2)sc1CNCC. The van der Waals surface area contributed by atoms with Crippen molar-refractivity contribution in [3.05, 3.63) is 10.6 Å². The molecule has 0 bridgehead atoms. The van der Waals surface area contributed by atoms with Gasteiger partial charge in [0.1, 0.15) is 0 Å². The third kappa shape index (κ3) is 3.96. The maximum atomic E-state index is 4.95. The van der Waals surface area contributed by atoms with E-state index in [2.05, 4.69) is 49.9 Å². The average molecular weight is 311 g/mol. The first-order chi connectivity index (χ1) is 9.97. The van der Waals surface area contributed by atoms with Crippen LogP contribution in [0.5, 0.6) is 0 Å². The molecule has 1 aromatic heterocycles. The predicted molar refractivity (Wildman–Crippen MR) is 92.4 cm³/mol. The van der Waals surface area contributed by atoms with Crippen molar-refractivity contribution in [2.24, 2.45) is 0 Å². The van der Waals surface area contributed by atoms with Crippen LogP contribution in [0.25, 0.3) is 0 Å². The Bertz CT molecular complexity index is 455. The zero-order valence-corrected chi connectivity index (χ0v) is 15.0. The minimum atomic E-state index is 0.219. The number of hydrogen-bond acceptors (Lipinski definition) is 5. The Morgan fingerprint density at radius 3 is 2.67 bits per heavy atom. The van der Waals surface area contributed by atoms with E-state index in [1.165, 1.54) is 15.7 Å². The summed E-state index contributed by atoms with van der Waals surface area (Å²) < 4.78 is 0. The summed E-state index contributed by atoms with van der Waals surface area (Å²) in [7, 11) is 2.22. The second-order valence-electron chi connectivity index (χ2n) is 6.55. The summed E-state index contributed by atoms with van der Waals surface area (Å²) in [6.45, 7) is 14.3. The van der Waals surface area contributed by atoms with E-state index in [0.29, 0.717) is 0 Å². The van der Waals surface area contributed by atoms with Gasteiger partial charge in [-0.1, -0.05) is 20.3 Å². The summed E-state index contributed by atoms with van der Waals surface area (Å²) in [5.74, 6) is 0. The van der Waals surface area contributed by atoms with Crippen LogP contribution in [0, 0.1) is 0 Å². The molecule has 0 saturated carbocycles. The summed E-state index contributed by atoms with van der Waals surface area (Å²) in [6.07, 6.45) is 2.25. The van der Waals surface area contributed by atoms with Gasteiger partial charge in [-0.3, -0.25) is 4.90 Å². The topological polar surface area (TPSA) is 31.4 Å². The number of nitrogens with one attached hydrogen (secondary N) is 1. The first kappa shape index (κ1) is 16.7. The third-order valence-electron chi connectivity index (χ3n) is 4.38. The normalized spacial score (nSPS) is 19.2. The minimum Gasteiger partial charge on any atom is -0.345 e. The molecule has 120 valence electrons. The molecule has 1 aromatic rings. The van der Waals surface area contributed by atoms with Crippen molar-refractivity contribution < 1.29 is 0 Å². The van der Waals surface area contributed by atoms with Gasteiger partial charge >= 0.3 is 0 Å². The number of likely N-dealkylation sites (N-methyl/N-ethyl adjacent to an activating group) is 1. The molecule has 21 heavy (non-hydrogen) atoms. The molecule has 0 atom stereocenters. The van der Waals surface area contributed by atoms with Crippen molar-refractivity contribution >= 4 is 16.5 Å². The lowest BCUT2D eigenvalue weighted by Gasteiger charge is -2.45. The smallest absolute Gasteiger partial charge is 0.185 e. The molecule has 1 fully saturated rings. The lowest BCUT2D eigenvalue weighted by atomic mass is 10.0. The highest BCUT2D eigenvalue weighted by molar-refractivity contribution is 7.15. The molecule has 0 amide bonds. The van der Waals surface area contributed by atoms with E-state index in [4.69, 9.17) is 4.98 Å². The van der Waals surface area contributed by atoms with E-state index >= 15 is 0 Å². The summed E-state index contributed by atoms with van der Waals surface area (Å²) in [6, 6.07) is 0. The standard InChI is InChI=1S/C16H30N4S/c1-6-8-13-14(11-17-7-2)21-15(18-13)20-10-9-19(5)16(3,4)12-20/h17H,6-12H2,1-5H3. The van der Waals surface area contributed by atoms with E-state index in [1.807, 2.05) is 11.3 Å². The second-order valence-corrected chi connectivity index (χ2v) is 7.61. The maximum absolute atomic E-state index is 4.95. The van der Waals surface area contributed by atoms with Crippen molar-refractivity contribution in [1.82, 2.24) is 15.2 Å². The molecule has 2 rings (SSSR count). The molecule has 1 N–H and O–H groups in total. The van der Waals surface area contributed by atoms with Crippen molar-refractivity contribution in [2.45, 2.75) is 52.6 Å². The number of anilines is 1. The van der Waals surface area contributed by atoms with Crippen molar-refractivity contribution in [3.63, 3.8) is 0 Å². The molecular formula is C16H30N4S. The number of hydrogen-bond donors (Lipinski definition) is 1. The van der Waals surface area contributed by atoms with Gasteiger partial charge in [-0.15, -0.1) is 11.3 Å². The monoisotopic (exact) mass is 310 g/mol. The van der Waals surface area contributed by atoms with Crippen LogP contribution in [0.2, 0.25) is 0 Å². The van der Waals surface area contributed by atoms with Crippen LogP contribution in [0.15, 0.2) is 0 Å². The van der Waals surface area contributed by atoms with E-state index in [-0.39, 0.29) is 5.54 Å². The molecular weight excluding hydrogens is 280 g/mol. The molecule has 0 spiro atoms. The quantitative estimate of drug-likeness (QED) is 0.875. The van der Waals surface area contributed by atoms with Crippen LogP contribution in [0.3, 0.4) is 0 Å². The zero-order chi connectivity index (χ0) is 15.5. The number of thiazole rings is 1. The number of piperazine rings is 1. The van der Waals surface area contributed by atoms with Crippen molar-refractivity contribution in [2.75, 3.05) is 38.1 Å². The molecule has 1 saturated heterocycles. The van der Waals surface area contributed by atoms with Crippen LogP contribution in [-0.2, 0) is 13.0 Å². The maximum Gasteiger partial charge on any atom is 0.185 e. The van der Waals surface area contributed by atoms with Gasteiger partial charge < -0.3 is 10.2 Å². The van der Waals surface area contributed by atoms with Gasteiger partial charge in [0.15, 0.2) is 5.13 Å². The average Bonchev–Trinajstić information content (AvgIpc) is 2.83. The molecule has 0 radical (unpaired) electrons. The Balaban J connectivity index is 2.15. The molecule has 0 aromatic carbocycles. The van der Waals surface area contributed by atoms with E-state index in [1.54, 1.807) is 0 Å². The summed E-state index contributed by atoms with van der Waals surface area (Å²) in [4.78, 5) is 11.3. The first-order valence-corrected chi connectivity index (χ1v) is 8.95. The van der Waals surface area contributed by atoms with Crippen LogP contribution in [-0.4, -0.2) is 48.6 Å². The molecule has 1 aliphatic heterocycles. The highest BCUT2D eigenvalue weighted by Crippen LogP contribution is 2.31. The number of nitrogens with zero attached hydrogens (tertiary/aromatic N) is 3. The predicted octanol–water partition coefficient (Wildman–Crippen LogP) is 2.74. The van der Waals surface area contributed by atoms with Gasteiger partial charge in [-0.25, -0.2) is 4.98 Å². The summed E-state index contributed by atoms with van der Waals surface area (Å²) in [5, 5.41) is 4.66. The first-order valence-electron chi connectivity index (χ1n) is 8.13. The van der Waals surface area contributed by atoms with Crippen LogP contribution in [0.4, 0.5) is 5.13 Å². The van der Waals surface area contributed by atoms with Crippen molar-refractivity contribution in [1.29, 1.82) is 0 Å². The Hall–Kier alpha value is -0.650. The van der Waals surface area contributed by atoms with Gasteiger partial charge in [0.2, 0.25) is 0 Å². The largest absolute Gasteiger partial charge is 0.345 e. The molecule has 0 aliphatic carbocycles. The summed E-state index contributed by atoms with van der Waals surface area (Å²) >= 11 is 1.88. The molecule has 2 heterocycles. The van der Waals surface area contributed by atoms with Gasteiger partial charge in [-0.05, 0) is 33.9 Å². The lowest BCUT2D eigenvalue weighted by molar-refractivity contribution is 0.139. The van der Waals surface area contributed by atoms with E-state index < -0.39 is 0 Å². The van der Waals surface area contributed by atoms with Gasteiger partial charge in [0.25, 0.3) is 0 Å². The highest BCUT2D eigenvalue weighted by atomic mass is 32.1. The van der Waals surface area contributed by atoms with E-state index in [9.17, 15) is 0 Å². The second kappa shape index (κ2) is 7.07. The molecule has 0 unspecified atom stereocenters. The lowest BCUT2D eigenvalue weighted by Crippen LogP contribution is -2.57.